The molecule has 0 radical (unpaired) electrons. The Kier molecular flexibility index (Phi) is 6.77. The summed E-state index contributed by atoms with van der Waals surface area (Å²) in [6, 6.07) is 0. The molecule has 0 atom stereocenters. The molecular formula is C18H28O2. The molecule has 1 aliphatic carbocycles. The molecule has 0 aromatic rings. The van der Waals surface area contributed by atoms with Crippen LogP contribution in [0.5, 0.6) is 0 Å². The molecule has 1 aliphatic rings. The molecule has 2 nitrogen and oxygen atoms in total. The molecule has 0 unspecified atom stereocenters. The second-order valence-corrected chi connectivity index (χ2v) is 5.07. The normalized spacial score (nSPS) is 16.1. The first kappa shape index (κ1) is 16.7. The summed E-state index contributed by atoms with van der Waals surface area (Å²) < 4.78 is 5.21. The Balaban J connectivity index is 3.36. The number of esters is 1. The smallest absolute Gasteiger partial charge is 0.334 e. The molecule has 0 fully saturated rings. The minimum Gasteiger partial charge on any atom is -0.463 e. The predicted octanol–water partition coefficient (Wildman–Crippen LogP) is 5.11. The van der Waals surface area contributed by atoms with E-state index in [1.807, 2.05) is 6.92 Å². The summed E-state index contributed by atoms with van der Waals surface area (Å²) >= 11 is 0. The van der Waals surface area contributed by atoms with Crippen LogP contribution in [0.1, 0.15) is 66.7 Å². The van der Waals surface area contributed by atoms with Crippen LogP contribution in [0, 0.1) is 0 Å². The van der Waals surface area contributed by atoms with Crippen molar-refractivity contribution in [2.24, 2.45) is 0 Å². The van der Waals surface area contributed by atoms with Crippen molar-refractivity contribution in [1.82, 2.24) is 0 Å². The summed E-state index contributed by atoms with van der Waals surface area (Å²) in [7, 11) is 0. The quantitative estimate of drug-likeness (QED) is 0.630. The molecular weight excluding hydrogens is 248 g/mol. The fourth-order valence-corrected chi connectivity index (χ4v) is 3.00. The minimum atomic E-state index is -0.155. The van der Waals surface area contributed by atoms with Crippen LogP contribution in [-0.4, -0.2) is 12.6 Å². The largest absolute Gasteiger partial charge is 0.463 e. The molecule has 112 valence electrons. The van der Waals surface area contributed by atoms with Gasteiger partial charge < -0.3 is 4.74 Å². The summed E-state index contributed by atoms with van der Waals surface area (Å²) in [5.41, 5.74) is 6.41. The lowest BCUT2D eigenvalue weighted by atomic mass is 9.90. The summed E-state index contributed by atoms with van der Waals surface area (Å²) in [6.07, 6.45) is 6.86. The second-order valence-electron chi connectivity index (χ2n) is 5.07. The molecule has 0 aromatic heterocycles. The van der Waals surface area contributed by atoms with Gasteiger partial charge in [-0.3, -0.25) is 0 Å². The molecule has 0 aliphatic heterocycles. The van der Waals surface area contributed by atoms with E-state index in [1.165, 1.54) is 22.3 Å². The Morgan fingerprint density at radius 2 is 1.65 bits per heavy atom. The van der Waals surface area contributed by atoms with Gasteiger partial charge in [0.15, 0.2) is 0 Å². The highest BCUT2D eigenvalue weighted by Crippen LogP contribution is 2.35. The van der Waals surface area contributed by atoms with Crippen molar-refractivity contribution >= 4 is 5.97 Å². The molecule has 0 saturated carbocycles. The molecule has 0 N–H and O–H groups in total. The van der Waals surface area contributed by atoms with Crippen LogP contribution in [0.3, 0.4) is 0 Å². The number of carbonyl (C=O) groups is 1. The third-order valence-corrected chi connectivity index (χ3v) is 3.98. The van der Waals surface area contributed by atoms with Crippen molar-refractivity contribution in [3.63, 3.8) is 0 Å². The number of allylic oxidation sites excluding steroid dienone is 5. The van der Waals surface area contributed by atoms with Gasteiger partial charge in [0.2, 0.25) is 0 Å². The Morgan fingerprint density at radius 1 is 1.00 bits per heavy atom. The lowest BCUT2D eigenvalue weighted by molar-refractivity contribution is -0.138. The van der Waals surface area contributed by atoms with Crippen LogP contribution >= 0.6 is 0 Å². The van der Waals surface area contributed by atoms with Crippen molar-refractivity contribution in [2.75, 3.05) is 6.61 Å². The van der Waals surface area contributed by atoms with Crippen LogP contribution < -0.4 is 0 Å². The van der Waals surface area contributed by atoms with Gasteiger partial charge in [0.05, 0.1) is 6.61 Å². The van der Waals surface area contributed by atoms with E-state index >= 15 is 0 Å². The maximum Gasteiger partial charge on any atom is 0.334 e. The zero-order valence-corrected chi connectivity index (χ0v) is 13.6. The van der Waals surface area contributed by atoms with E-state index in [2.05, 4.69) is 33.8 Å². The molecule has 2 heteroatoms. The Bertz CT molecular complexity index is 450. The number of hydrogen-bond acceptors (Lipinski definition) is 2. The van der Waals surface area contributed by atoms with E-state index < -0.39 is 0 Å². The monoisotopic (exact) mass is 276 g/mol. The van der Waals surface area contributed by atoms with Crippen molar-refractivity contribution in [3.05, 3.63) is 33.9 Å². The molecule has 0 saturated heterocycles. The van der Waals surface area contributed by atoms with Gasteiger partial charge >= 0.3 is 5.97 Å². The van der Waals surface area contributed by atoms with Gasteiger partial charge in [0.25, 0.3) is 0 Å². The highest BCUT2D eigenvalue weighted by Gasteiger charge is 2.20. The average molecular weight is 276 g/mol. The van der Waals surface area contributed by atoms with Crippen LogP contribution in [0.25, 0.3) is 0 Å². The van der Waals surface area contributed by atoms with Gasteiger partial charge in [-0.05, 0) is 55.4 Å². The van der Waals surface area contributed by atoms with Crippen molar-refractivity contribution < 1.29 is 9.53 Å². The maximum atomic E-state index is 12.1. The summed E-state index contributed by atoms with van der Waals surface area (Å²) in [5, 5.41) is 0. The van der Waals surface area contributed by atoms with Crippen molar-refractivity contribution in [3.8, 4) is 0 Å². The van der Waals surface area contributed by atoms with Gasteiger partial charge in [-0.2, -0.15) is 0 Å². The first-order chi connectivity index (χ1) is 9.62. The van der Waals surface area contributed by atoms with Crippen molar-refractivity contribution in [1.29, 1.82) is 0 Å². The predicted molar refractivity (Wildman–Crippen MR) is 84.5 cm³/mol. The lowest BCUT2D eigenvalue weighted by Gasteiger charge is -2.15. The standard InChI is InChI=1S/C18H28O2/c1-6-13-11-15(18(19)20-10-5)12-14(7-2)17(9-4)16(13)8-3/h11H,6-10,12H2,1-5H3. The van der Waals surface area contributed by atoms with Crippen LogP contribution in [0.15, 0.2) is 33.9 Å². The van der Waals surface area contributed by atoms with E-state index in [4.69, 9.17) is 4.74 Å². The summed E-state index contributed by atoms with van der Waals surface area (Å²) in [5.74, 6) is -0.155. The summed E-state index contributed by atoms with van der Waals surface area (Å²) in [4.78, 5) is 12.1. The first-order valence-electron chi connectivity index (χ1n) is 7.93. The average Bonchev–Trinajstić information content (AvgIpc) is 2.62. The minimum absolute atomic E-state index is 0.155. The zero-order chi connectivity index (χ0) is 15.1. The van der Waals surface area contributed by atoms with E-state index in [0.29, 0.717) is 6.61 Å². The molecule has 0 heterocycles. The fraction of sp³-hybridized carbons (Fsp3) is 0.611. The van der Waals surface area contributed by atoms with Gasteiger partial charge in [-0.1, -0.05) is 33.3 Å². The van der Waals surface area contributed by atoms with E-state index in [9.17, 15) is 4.79 Å². The van der Waals surface area contributed by atoms with Gasteiger partial charge in [0, 0.05) is 12.0 Å². The molecule has 0 bridgehead atoms. The number of carbonyl (C=O) groups excluding carboxylic acids is 1. The molecule has 1 rings (SSSR count). The Morgan fingerprint density at radius 3 is 2.10 bits per heavy atom. The third kappa shape index (κ3) is 3.62. The van der Waals surface area contributed by atoms with Gasteiger partial charge in [0.1, 0.15) is 0 Å². The SMILES string of the molecule is CCOC(=O)C1=CC(CC)=C(CC)C(CC)=C(CC)C1. The van der Waals surface area contributed by atoms with Crippen LogP contribution in [-0.2, 0) is 9.53 Å². The Hall–Kier alpha value is -1.31. The van der Waals surface area contributed by atoms with E-state index in [1.54, 1.807) is 0 Å². The molecule has 20 heavy (non-hydrogen) atoms. The zero-order valence-electron chi connectivity index (χ0n) is 13.6. The van der Waals surface area contributed by atoms with Gasteiger partial charge in [-0.15, -0.1) is 0 Å². The summed E-state index contributed by atoms with van der Waals surface area (Å²) in [6.45, 7) is 11.1. The second kappa shape index (κ2) is 8.08. The van der Waals surface area contributed by atoms with Crippen LogP contribution in [0.2, 0.25) is 0 Å². The number of ether oxygens (including phenoxy) is 1. The first-order valence-corrected chi connectivity index (χ1v) is 7.93. The molecule has 0 amide bonds. The molecule has 0 aromatic carbocycles. The van der Waals surface area contributed by atoms with Gasteiger partial charge in [-0.25, -0.2) is 4.79 Å². The maximum absolute atomic E-state index is 12.1. The highest BCUT2D eigenvalue weighted by atomic mass is 16.5. The Labute approximate surface area is 123 Å². The molecule has 0 spiro atoms. The van der Waals surface area contributed by atoms with E-state index in [0.717, 1.165) is 37.7 Å². The topological polar surface area (TPSA) is 26.3 Å². The van der Waals surface area contributed by atoms with Crippen LogP contribution in [0.4, 0.5) is 0 Å². The number of rotatable bonds is 6. The third-order valence-electron chi connectivity index (χ3n) is 3.98. The fourth-order valence-electron chi connectivity index (χ4n) is 3.00. The number of hydrogen-bond donors (Lipinski definition) is 0. The van der Waals surface area contributed by atoms with Crippen molar-refractivity contribution in [2.45, 2.75) is 66.7 Å². The lowest BCUT2D eigenvalue weighted by Crippen LogP contribution is -2.08. The van der Waals surface area contributed by atoms with E-state index in [-0.39, 0.29) is 5.97 Å². The highest BCUT2D eigenvalue weighted by molar-refractivity contribution is 5.90.